The number of benzene rings is 2. The molecule has 1 aromatic heterocycles. The van der Waals surface area contributed by atoms with E-state index in [-0.39, 0.29) is 5.91 Å². The van der Waals surface area contributed by atoms with Crippen molar-refractivity contribution in [1.82, 2.24) is 15.1 Å². The molecule has 166 valence electrons. The van der Waals surface area contributed by atoms with Crippen LogP contribution in [-0.2, 0) is 19.3 Å². The van der Waals surface area contributed by atoms with Crippen molar-refractivity contribution in [2.24, 2.45) is 0 Å². The third-order valence-electron chi connectivity index (χ3n) is 5.65. The molecule has 2 heterocycles. The molecule has 2 aliphatic rings. The van der Waals surface area contributed by atoms with E-state index in [4.69, 9.17) is 21.1 Å². The van der Waals surface area contributed by atoms with Crippen LogP contribution in [0, 0.1) is 11.6 Å². The van der Waals surface area contributed by atoms with Crippen LogP contribution in [0.4, 0.5) is 8.78 Å². The number of hydrogen-bond acceptors (Lipinski definition) is 4. The summed E-state index contributed by atoms with van der Waals surface area (Å²) in [7, 11) is 0. The fourth-order valence-electron chi connectivity index (χ4n) is 4.16. The molecule has 9 heteroatoms. The number of ether oxygens (including phenoxy) is 2. The quantitative estimate of drug-likeness (QED) is 0.625. The summed E-state index contributed by atoms with van der Waals surface area (Å²) in [5.74, 6) is -1.02. The largest absolute Gasteiger partial charge is 0.486 e. The molecule has 3 aromatic rings. The molecule has 1 N–H and O–H groups in total. The molecule has 2 aromatic carbocycles. The van der Waals surface area contributed by atoms with Crippen LogP contribution in [0.1, 0.15) is 33.7 Å². The fraction of sp³-hybridized carbons (Fsp3) is 0.304. The number of nitrogens with zero attached hydrogens (tertiary/aromatic N) is 2. The Balaban J connectivity index is 1.31. The van der Waals surface area contributed by atoms with Gasteiger partial charge in [-0.1, -0.05) is 11.6 Å². The van der Waals surface area contributed by atoms with Crippen molar-refractivity contribution in [2.45, 2.75) is 25.7 Å². The summed E-state index contributed by atoms with van der Waals surface area (Å²) in [4.78, 5) is 12.9. The van der Waals surface area contributed by atoms with E-state index in [9.17, 15) is 13.6 Å². The molecule has 0 atom stereocenters. The van der Waals surface area contributed by atoms with Crippen molar-refractivity contribution >= 4 is 17.5 Å². The number of fused-ring (bicyclic) bond motifs is 2. The van der Waals surface area contributed by atoms with Crippen LogP contribution in [0.5, 0.6) is 11.5 Å². The van der Waals surface area contributed by atoms with Gasteiger partial charge in [0.25, 0.3) is 5.91 Å². The van der Waals surface area contributed by atoms with Gasteiger partial charge in [-0.3, -0.25) is 4.79 Å². The van der Waals surface area contributed by atoms with Gasteiger partial charge in [-0.05, 0) is 55.5 Å². The standard InChI is InChI=1S/C23H20ClF2N3O3/c24-16-10-13(11-20-22(16)32-9-8-31-20)6-7-27-23(30)21-15-2-1-3-19(15)29(28-21)14-4-5-17(25)18(26)12-14/h4-5,10-12H,1-3,6-9H2,(H,27,30). The highest BCUT2D eigenvalue weighted by Crippen LogP contribution is 2.38. The lowest BCUT2D eigenvalue weighted by Crippen LogP contribution is -2.27. The van der Waals surface area contributed by atoms with Crippen LogP contribution in [0.3, 0.4) is 0 Å². The second kappa shape index (κ2) is 8.43. The maximum absolute atomic E-state index is 13.7. The third kappa shape index (κ3) is 3.79. The van der Waals surface area contributed by atoms with E-state index in [1.165, 1.54) is 6.07 Å². The topological polar surface area (TPSA) is 65.4 Å². The molecule has 1 aliphatic heterocycles. The minimum absolute atomic E-state index is 0.298. The summed E-state index contributed by atoms with van der Waals surface area (Å²) in [5.41, 5.74) is 3.35. The zero-order valence-corrected chi connectivity index (χ0v) is 17.8. The van der Waals surface area contributed by atoms with Crippen LogP contribution < -0.4 is 14.8 Å². The molecular formula is C23H20ClF2N3O3. The van der Waals surface area contributed by atoms with Crippen molar-refractivity contribution in [1.29, 1.82) is 0 Å². The highest BCUT2D eigenvalue weighted by Gasteiger charge is 2.27. The molecule has 6 nitrogen and oxygen atoms in total. The van der Waals surface area contributed by atoms with Gasteiger partial charge in [0.05, 0.1) is 10.7 Å². The van der Waals surface area contributed by atoms with Gasteiger partial charge < -0.3 is 14.8 Å². The number of hydrogen-bond donors (Lipinski definition) is 1. The van der Waals surface area contributed by atoms with E-state index >= 15 is 0 Å². The highest BCUT2D eigenvalue weighted by molar-refractivity contribution is 6.32. The lowest BCUT2D eigenvalue weighted by Gasteiger charge is -2.20. The molecule has 0 spiro atoms. The maximum Gasteiger partial charge on any atom is 0.272 e. The van der Waals surface area contributed by atoms with E-state index in [1.54, 1.807) is 10.7 Å². The highest BCUT2D eigenvalue weighted by atomic mass is 35.5. The summed E-state index contributed by atoms with van der Waals surface area (Å²) >= 11 is 6.28. The molecular weight excluding hydrogens is 440 g/mol. The van der Waals surface area contributed by atoms with Crippen LogP contribution in [0.2, 0.25) is 5.02 Å². The van der Waals surface area contributed by atoms with Gasteiger partial charge in [-0.25, -0.2) is 13.5 Å². The number of amides is 1. The Morgan fingerprint density at radius 1 is 1.12 bits per heavy atom. The first-order valence-electron chi connectivity index (χ1n) is 10.4. The molecule has 1 amide bonds. The monoisotopic (exact) mass is 459 g/mol. The van der Waals surface area contributed by atoms with Gasteiger partial charge in [0.2, 0.25) is 0 Å². The van der Waals surface area contributed by atoms with E-state index in [0.717, 1.165) is 48.2 Å². The minimum Gasteiger partial charge on any atom is -0.486 e. The Bertz CT molecular complexity index is 1210. The zero-order chi connectivity index (χ0) is 22.2. The summed E-state index contributed by atoms with van der Waals surface area (Å²) in [6.45, 7) is 1.31. The van der Waals surface area contributed by atoms with Gasteiger partial charge in [0, 0.05) is 23.9 Å². The molecule has 32 heavy (non-hydrogen) atoms. The van der Waals surface area contributed by atoms with E-state index in [1.807, 2.05) is 6.07 Å². The van der Waals surface area contributed by atoms with Gasteiger partial charge in [0.1, 0.15) is 13.2 Å². The van der Waals surface area contributed by atoms with Gasteiger partial charge in [-0.2, -0.15) is 5.10 Å². The Labute approximate surface area is 188 Å². The molecule has 0 unspecified atom stereocenters. The smallest absolute Gasteiger partial charge is 0.272 e. The number of carbonyl (C=O) groups is 1. The van der Waals surface area contributed by atoms with E-state index < -0.39 is 11.6 Å². The van der Waals surface area contributed by atoms with Crippen molar-refractivity contribution in [2.75, 3.05) is 19.8 Å². The van der Waals surface area contributed by atoms with Crippen molar-refractivity contribution in [3.05, 3.63) is 69.5 Å². The Morgan fingerprint density at radius 2 is 1.97 bits per heavy atom. The second-order valence-electron chi connectivity index (χ2n) is 7.75. The number of aromatic nitrogens is 2. The Hall–Kier alpha value is -3.13. The number of halogens is 3. The van der Waals surface area contributed by atoms with Gasteiger partial charge in [0.15, 0.2) is 28.8 Å². The van der Waals surface area contributed by atoms with Crippen LogP contribution in [-0.4, -0.2) is 35.4 Å². The molecule has 1 aliphatic carbocycles. The van der Waals surface area contributed by atoms with E-state index in [2.05, 4.69) is 10.4 Å². The average molecular weight is 460 g/mol. The van der Waals surface area contributed by atoms with Gasteiger partial charge >= 0.3 is 0 Å². The van der Waals surface area contributed by atoms with Crippen molar-refractivity contribution < 1.29 is 23.0 Å². The Kier molecular flexibility index (Phi) is 5.46. The molecule has 0 bridgehead atoms. The lowest BCUT2D eigenvalue weighted by atomic mass is 10.1. The summed E-state index contributed by atoms with van der Waals surface area (Å²) < 4.78 is 39.7. The van der Waals surface area contributed by atoms with E-state index in [0.29, 0.717) is 54.1 Å². The Morgan fingerprint density at radius 3 is 2.81 bits per heavy atom. The first-order valence-corrected chi connectivity index (χ1v) is 10.8. The maximum atomic E-state index is 13.7. The summed E-state index contributed by atoms with van der Waals surface area (Å²) in [5, 5.41) is 7.80. The van der Waals surface area contributed by atoms with Crippen molar-refractivity contribution in [3.63, 3.8) is 0 Å². The third-order valence-corrected chi connectivity index (χ3v) is 5.93. The molecule has 0 radical (unpaired) electrons. The van der Waals surface area contributed by atoms with Crippen LogP contribution in [0.25, 0.3) is 5.69 Å². The molecule has 0 fully saturated rings. The summed E-state index contributed by atoms with van der Waals surface area (Å²) in [6, 6.07) is 7.27. The number of carbonyl (C=O) groups excluding carboxylic acids is 1. The second-order valence-corrected chi connectivity index (χ2v) is 8.15. The van der Waals surface area contributed by atoms with Crippen molar-refractivity contribution in [3.8, 4) is 17.2 Å². The predicted octanol–water partition coefficient (Wildman–Crippen LogP) is 4.04. The predicted molar refractivity (Wildman–Crippen MR) is 114 cm³/mol. The van der Waals surface area contributed by atoms with Crippen LogP contribution >= 0.6 is 11.6 Å². The molecule has 5 rings (SSSR count). The molecule has 0 saturated heterocycles. The first-order chi connectivity index (χ1) is 15.5. The van der Waals surface area contributed by atoms with Crippen LogP contribution in [0.15, 0.2) is 30.3 Å². The number of nitrogens with one attached hydrogen (secondary N) is 1. The number of rotatable bonds is 5. The first kappa shape index (κ1) is 20.8. The fourth-order valence-corrected chi connectivity index (χ4v) is 4.45. The summed E-state index contributed by atoms with van der Waals surface area (Å²) in [6.07, 6.45) is 2.88. The SMILES string of the molecule is O=C(NCCc1cc(Cl)c2c(c1)OCCO2)c1nn(-c2ccc(F)c(F)c2)c2c1CCC2. The van der Waals surface area contributed by atoms with Gasteiger partial charge in [-0.15, -0.1) is 0 Å². The zero-order valence-electron chi connectivity index (χ0n) is 17.1. The minimum atomic E-state index is -0.950. The lowest BCUT2D eigenvalue weighted by molar-refractivity contribution is 0.0948. The average Bonchev–Trinajstić information content (AvgIpc) is 3.39. The normalized spacial score (nSPS) is 14.3. The molecule has 0 saturated carbocycles.